The Morgan fingerprint density at radius 2 is 0.788 bits per heavy atom. The van der Waals surface area contributed by atoms with Crippen LogP contribution >= 0.6 is 40.4 Å². The predicted molar refractivity (Wildman–Crippen MR) is 232 cm³/mol. The van der Waals surface area contributed by atoms with Crippen LogP contribution < -0.4 is 0 Å². The molecule has 0 saturated carbocycles. The first-order valence-corrected chi connectivity index (χ1v) is 29.4. The molecule has 0 radical (unpaired) electrons. The van der Waals surface area contributed by atoms with Crippen molar-refractivity contribution < 1.29 is 18.6 Å². The van der Waals surface area contributed by atoms with Crippen LogP contribution in [0, 0.1) is 0 Å². The first-order chi connectivity index (χ1) is 24.0. The summed E-state index contributed by atoms with van der Waals surface area (Å²) in [5, 5.41) is 6.97. The predicted octanol–water partition coefficient (Wildman–Crippen LogP) is 15.8. The van der Waals surface area contributed by atoms with Gasteiger partial charge >= 0.3 is 132 Å². The molecule has 0 spiro atoms. The molecule has 0 aliphatic carbocycles. The minimum atomic E-state index is -2.73. The standard InChI is InChI=1S/C29H41.C13H8Cl2.C5H5.2ClH.Hf/c1-26(2,3)22-14-18-13-19-15-23(27(4,5)6)25(29(10,11)12)17-21(19)20(18)16-24(22)28(7,8)9;14-12-5-1-10(2-6-12)9-11-3-7-13(15)8-4-11;1-2-4-5-3-1;;;/h13-17H,1-12H3;1-8H;1-5H;2*1H;/q-1;;-1;;;+2/p-2. The number of fused-ring (bicyclic) bond motifs is 3. The van der Waals surface area contributed by atoms with Gasteiger partial charge in [0.2, 0.25) is 0 Å². The molecule has 276 valence electrons. The molecule has 6 aromatic rings. The van der Waals surface area contributed by atoms with E-state index in [9.17, 15) is 0 Å². The summed E-state index contributed by atoms with van der Waals surface area (Å²) in [4.78, 5) is 0. The Labute approximate surface area is 338 Å². The SMILES string of the molecule is CC(C)(C)c1cc2[cH-]c3cc(C(C)(C)C)c(C(C)(C)C)cc3c2cc1C(C)(C)C.Clc1ccc([C](c2ccc(Cl)cc2)=[Hf]([Cl])[Cl])cc1.c1cc[cH-]c1. The molecule has 6 rings (SSSR count). The molecule has 0 unspecified atom stereocenters. The van der Waals surface area contributed by atoms with Crippen molar-refractivity contribution in [3.63, 3.8) is 0 Å². The van der Waals surface area contributed by atoms with Gasteiger partial charge in [0.15, 0.2) is 0 Å². The Morgan fingerprint density at radius 3 is 1.04 bits per heavy atom. The quantitative estimate of drug-likeness (QED) is 0.120. The maximum absolute atomic E-state index is 6.27. The summed E-state index contributed by atoms with van der Waals surface area (Å²) in [6, 6.07) is 37.5. The monoisotopic (exact) mass is 938 g/mol. The summed E-state index contributed by atoms with van der Waals surface area (Å²) in [7, 11) is 12.5. The van der Waals surface area contributed by atoms with Crippen LogP contribution in [0.25, 0.3) is 21.5 Å². The van der Waals surface area contributed by atoms with Crippen molar-refractivity contribution in [3.05, 3.63) is 153 Å². The van der Waals surface area contributed by atoms with Crippen LogP contribution in [0.2, 0.25) is 10.0 Å². The van der Waals surface area contributed by atoms with E-state index in [1.807, 2.05) is 78.9 Å². The van der Waals surface area contributed by atoms with Gasteiger partial charge in [-0.15, -0.1) is 39.7 Å². The molecule has 5 heteroatoms. The summed E-state index contributed by atoms with van der Waals surface area (Å²) in [5.41, 5.74) is 8.48. The van der Waals surface area contributed by atoms with Crippen molar-refractivity contribution in [2.24, 2.45) is 0 Å². The van der Waals surface area contributed by atoms with Crippen molar-refractivity contribution in [3.8, 4) is 0 Å². The summed E-state index contributed by atoms with van der Waals surface area (Å²) < 4.78 is 1.05. The van der Waals surface area contributed by atoms with Crippen LogP contribution in [0.5, 0.6) is 0 Å². The van der Waals surface area contributed by atoms with Crippen LogP contribution in [0.4, 0.5) is 0 Å². The van der Waals surface area contributed by atoms with Gasteiger partial charge in [-0.3, -0.25) is 0 Å². The molecular formula is C47H54Cl4Hf-2. The Hall–Kier alpha value is -2.00. The number of hydrogen-bond acceptors (Lipinski definition) is 0. The average Bonchev–Trinajstić information content (AvgIpc) is 3.72. The van der Waals surface area contributed by atoms with Gasteiger partial charge in [0.25, 0.3) is 0 Å². The van der Waals surface area contributed by atoms with E-state index >= 15 is 0 Å². The Balaban J connectivity index is 0.000000221. The van der Waals surface area contributed by atoms with Crippen LogP contribution in [0.15, 0.2) is 109 Å². The largest absolute Gasteiger partial charge is 0.214 e. The molecule has 0 fully saturated rings. The van der Waals surface area contributed by atoms with Crippen LogP contribution in [0.3, 0.4) is 0 Å². The van der Waals surface area contributed by atoms with Crippen LogP contribution in [0.1, 0.15) is 116 Å². The molecule has 0 saturated heterocycles. The Bertz CT molecular complexity index is 1960. The fraction of sp³-hybridized carbons (Fsp3) is 0.340. The van der Waals surface area contributed by atoms with Crippen molar-refractivity contribution in [1.82, 2.24) is 0 Å². The van der Waals surface area contributed by atoms with Gasteiger partial charge in [-0.2, -0.15) is 18.2 Å². The zero-order valence-electron chi connectivity index (χ0n) is 32.9. The second-order valence-electron chi connectivity index (χ2n) is 17.7. The first kappa shape index (κ1) is 42.7. The molecule has 52 heavy (non-hydrogen) atoms. The average molecular weight is 939 g/mol. The molecule has 0 N–H and O–H groups in total. The minimum Gasteiger partial charge on any atom is -0.214 e. The van der Waals surface area contributed by atoms with E-state index in [0.717, 1.165) is 14.4 Å². The minimum absolute atomic E-state index is 0.124. The van der Waals surface area contributed by atoms with E-state index in [2.05, 4.69) is 113 Å². The Morgan fingerprint density at radius 1 is 0.481 bits per heavy atom. The third-order valence-corrected chi connectivity index (χ3v) is 16.3. The van der Waals surface area contributed by atoms with Crippen molar-refractivity contribution in [2.45, 2.75) is 105 Å². The fourth-order valence-corrected chi connectivity index (χ4v) is 13.1. The third-order valence-electron chi connectivity index (χ3n) is 9.22. The van der Waals surface area contributed by atoms with Crippen molar-refractivity contribution in [1.29, 1.82) is 0 Å². The van der Waals surface area contributed by atoms with E-state index in [4.69, 9.17) is 40.4 Å². The van der Waals surface area contributed by atoms with E-state index in [1.54, 1.807) is 0 Å². The third kappa shape index (κ3) is 10.8. The molecule has 0 aromatic heterocycles. The maximum Gasteiger partial charge on any atom is -0.172 e. The zero-order chi connectivity index (χ0) is 38.8. The molecule has 0 aliphatic heterocycles. The van der Waals surface area contributed by atoms with E-state index in [0.29, 0.717) is 10.0 Å². The second kappa shape index (κ2) is 16.8. The fourth-order valence-electron chi connectivity index (χ4n) is 6.53. The van der Waals surface area contributed by atoms with Gasteiger partial charge in [-0.25, -0.2) is 12.1 Å². The van der Waals surface area contributed by atoms with Crippen molar-refractivity contribution in [2.75, 3.05) is 0 Å². The smallest absolute Gasteiger partial charge is 0.172 e. The first-order valence-electron chi connectivity index (χ1n) is 18.0. The number of rotatable bonds is 2. The summed E-state index contributed by atoms with van der Waals surface area (Å²) in [6.45, 7) is 28.0. The van der Waals surface area contributed by atoms with E-state index in [-0.39, 0.29) is 21.7 Å². The molecular weight excluding hydrogens is 885 g/mol. The normalized spacial score (nSPS) is 12.2. The van der Waals surface area contributed by atoms with Crippen LogP contribution in [-0.4, -0.2) is 3.26 Å². The molecule has 0 amide bonds. The second-order valence-corrected chi connectivity index (χ2v) is 30.0. The van der Waals surface area contributed by atoms with Crippen LogP contribution in [-0.2, 0) is 40.2 Å². The molecule has 0 atom stereocenters. The molecule has 6 aromatic carbocycles. The summed E-state index contributed by atoms with van der Waals surface area (Å²) >= 11 is 9.05. The molecule has 0 bridgehead atoms. The van der Waals surface area contributed by atoms with E-state index < -0.39 is 18.6 Å². The van der Waals surface area contributed by atoms with Gasteiger partial charge in [0, 0.05) is 0 Å². The maximum atomic E-state index is 6.27. The Kier molecular flexibility index (Phi) is 13.8. The number of benzene rings is 4. The number of halogens is 4. The van der Waals surface area contributed by atoms with Gasteiger partial charge in [-0.1, -0.05) is 117 Å². The summed E-state index contributed by atoms with van der Waals surface area (Å²) in [5.74, 6) is 0. The van der Waals surface area contributed by atoms with Gasteiger partial charge < -0.3 is 0 Å². The van der Waals surface area contributed by atoms with Gasteiger partial charge in [0.1, 0.15) is 0 Å². The van der Waals surface area contributed by atoms with Gasteiger partial charge in [0.05, 0.1) is 0 Å². The zero-order valence-corrected chi connectivity index (χ0v) is 39.5. The number of hydrogen-bond donors (Lipinski definition) is 0. The van der Waals surface area contributed by atoms with E-state index in [1.165, 1.54) is 43.8 Å². The van der Waals surface area contributed by atoms with Crippen molar-refractivity contribution >= 4 is 65.2 Å². The molecule has 0 aliphatic rings. The van der Waals surface area contributed by atoms with Gasteiger partial charge in [-0.05, 0) is 21.7 Å². The summed E-state index contributed by atoms with van der Waals surface area (Å²) in [6.07, 6.45) is 0. The molecule has 0 nitrogen and oxygen atoms in total. The topological polar surface area (TPSA) is 0 Å². The molecule has 0 heterocycles.